The van der Waals surface area contributed by atoms with E-state index in [-0.39, 0.29) is 12.1 Å². The van der Waals surface area contributed by atoms with Crippen LogP contribution < -0.4 is 0 Å². The number of esters is 1. The standard InChI is InChI=1S/C18H14N2O2/c1-18(14-8-4-5-9-15(14)19-20-18)17(21)22-16-11-10-12-6-2-3-7-13(12)16/h2-11,16H,1H3. The molecule has 0 spiro atoms. The van der Waals surface area contributed by atoms with Gasteiger partial charge in [0.05, 0.1) is 5.69 Å². The first-order chi connectivity index (χ1) is 10.7. The number of hydrogen-bond donors (Lipinski definition) is 0. The van der Waals surface area contributed by atoms with E-state index in [4.69, 9.17) is 4.74 Å². The van der Waals surface area contributed by atoms with Crippen molar-refractivity contribution in [2.75, 3.05) is 0 Å². The maximum atomic E-state index is 12.7. The van der Waals surface area contributed by atoms with Crippen LogP contribution in [0.1, 0.15) is 29.7 Å². The van der Waals surface area contributed by atoms with Gasteiger partial charge in [0, 0.05) is 11.1 Å². The van der Waals surface area contributed by atoms with Crippen LogP contribution in [0.5, 0.6) is 0 Å². The van der Waals surface area contributed by atoms with Crippen LogP contribution in [0.25, 0.3) is 6.08 Å². The summed E-state index contributed by atoms with van der Waals surface area (Å²) in [6.45, 7) is 1.75. The van der Waals surface area contributed by atoms with E-state index in [1.54, 1.807) is 6.92 Å². The molecule has 108 valence electrons. The molecule has 2 atom stereocenters. The summed E-state index contributed by atoms with van der Waals surface area (Å²) in [5.74, 6) is -0.382. The Morgan fingerprint density at radius 3 is 2.82 bits per heavy atom. The lowest BCUT2D eigenvalue weighted by Crippen LogP contribution is -2.31. The minimum Gasteiger partial charge on any atom is -0.451 e. The minimum atomic E-state index is -1.07. The first-order valence-corrected chi connectivity index (χ1v) is 7.19. The minimum absolute atomic E-state index is 0.358. The summed E-state index contributed by atoms with van der Waals surface area (Å²) < 4.78 is 5.70. The van der Waals surface area contributed by atoms with Gasteiger partial charge in [0.1, 0.15) is 6.10 Å². The number of nitrogens with zero attached hydrogens (tertiary/aromatic N) is 2. The molecule has 22 heavy (non-hydrogen) atoms. The summed E-state index contributed by atoms with van der Waals surface area (Å²) in [5, 5.41) is 8.26. The number of carbonyl (C=O) groups excluding carboxylic acids is 1. The molecule has 4 heteroatoms. The van der Waals surface area contributed by atoms with Gasteiger partial charge in [0.15, 0.2) is 0 Å². The van der Waals surface area contributed by atoms with Crippen molar-refractivity contribution in [1.29, 1.82) is 0 Å². The number of benzene rings is 2. The molecule has 2 aromatic carbocycles. The molecule has 4 rings (SSSR count). The van der Waals surface area contributed by atoms with Gasteiger partial charge < -0.3 is 4.74 Å². The predicted octanol–water partition coefficient (Wildman–Crippen LogP) is 4.31. The number of azo groups is 1. The number of ether oxygens (including phenoxy) is 1. The zero-order chi connectivity index (χ0) is 15.2. The van der Waals surface area contributed by atoms with Gasteiger partial charge in [0.25, 0.3) is 0 Å². The molecule has 0 aromatic heterocycles. The van der Waals surface area contributed by atoms with Crippen LogP contribution in [0.15, 0.2) is 64.8 Å². The molecular weight excluding hydrogens is 276 g/mol. The number of rotatable bonds is 2. The fourth-order valence-electron chi connectivity index (χ4n) is 2.88. The van der Waals surface area contributed by atoms with Gasteiger partial charge in [0.2, 0.25) is 5.54 Å². The molecule has 0 fully saturated rings. The summed E-state index contributed by atoms with van der Waals surface area (Å²) in [4.78, 5) is 12.7. The fraction of sp³-hybridized carbons (Fsp3) is 0.167. The van der Waals surface area contributed by atoms with E-state index in [2.05, 4.69) is 10.2 Å². The number of carbonyl (C=O) groups is 1. The van der Waals surface area contributed by atoms with Crippen LogP contribution in [0.4, 0.5) is 5.69 Å². The van der Waals surface area contributed by atoms with Gasteiger partial charge in [-0.05, 0) is 24.6 Å². The Kier molecular flexibility index (Phi) is 2.73. The highest BCUT2D eigenvalue weighted by Gasteiger charge is 2.43. The van der Waals surface area contributed by atoms with E-state index in [0.29, 0.717) is 0 Å². The smallest absolute Gasteiger partial charge is 0.341 e. The monoisotopic (exact) mass is 290 g/mol. The summed E-state index contributed by atoms with van der Waals surface area (Å²) in [7, 11) is 0. The summed E-state index contributed by atoms with van der Waals surface area (Å²) in [6, 6.07) is 15.4. The van der Waals surface area contributed by atoms with E-state index in [9.17, 15) is 4.79 Å². The topological polar surface area (TPSA) is 51.0 Å². The van der Waals surface area contributed by atoms with Crippen LogP contribution in [-0.2, 0) is 15.1 Å². The van der Waals surface area contributed by atoms with Crippen LogP contribution in [0, 0.1) is 0 Å². The van der Waals surface area contributed by atoms with Crippen molar-refractivity contribution in [2.45, 2.75) is 18.6 Å². The number of hydrogen-bond acceptors (Lipinski definition) is 4. The Balaban J connectivity index is 1.62. The molecule has 0 bridgehead atoms. The normalized spacial score (nSPS) is 24.1. The van der Waals surface area contributed by atoms with Crippen LogP contribution in [0.3, 0.4) is 0 Å². The second kappa shape index (κ2) is 4.63. The molecule has 1 heterocycles. The highest BCUT2D eigenvalue weighted by molar-refractivity contribution is 5.86. The molecule has 2 aliphatic rings. The van der Waals surface area contributed by atoms with Gasteiger partial charge in [-0.1, -0.05) is 48.5 Å². The van der Waals surface area contributed by atoms with Crippen molar-refractivity contribution in [3.63, 3.8) is 0 Å². The molecule has 1 aliphatic heterocycles. The fourth-order valence-corrected chi connectivity index (χ4v) is 2.88. The molecule has 0 radical (unpaired) electrons. The third kappa shape index (κ3) is 1.80. The third-order valence-electron chi connectivity index (χ3n) is 4.17. The first kappa shape index (κ1) is 13.0. The van der Waals surface area contributed by atoms with E-state index in [1.165, 1.54) is 0 Å². The average Bonchev–Trinajstić information content (AvgIpc) is 3.11. The summed E-state index contributed by atoms with van der Waals surface area (Å²) in [5.41, 5.74) is 2.53. The Morgan fingerprint density at radius 1 is 1.14 bits per heavy atom. The summed E-state index contributed by atoms with van der Waals surface area (Å²) >= 11 is 0. The molecule has 1 aliphatic carbocycles. The Hall–Kier alpha value is -2.75. The second-order valence-corrected chi connectivity index (χ2v) is 5.60. The van der Waals surface area contributed by atoms with E-state index in [1.807, 2.05) is 60.7 Å². The SMILES string of the molecule is CC1(C(=O)OC2C=Cc3ccccc32)N=Nc2ccccc21. The maximum absolute atomic E-state index is 12.7. The lowest BCUT2D eigenvalue weighted by atomic mass is 9.93. The van der Waals surface area contributed by atoms with Gasteiger partial charge >= 0.3 is 5.97 Å². The molecule has 0 N–H and O–H groups in total. The lowest BCUT2D eigenvalue weighted by Gasteiger charge is -2.21. The second-order valence-electron chi connectivity index (χ2n) is 5.60. The highest BCUT2D eigenvalue weighted by atomic mass is 16.5. The van der Waals surface area contributed by atoms with Crippen molar-refractivity contribution in [3.05, 3.63) is 71.3 Å². The van der Waals surface area contributed by atoms with Crippen molar-refractivity contribution < 1.29 is 9.53 Å². The van der Waals surface area contributed by atoms with Gasteiger partial charge in [-0.3, -0.25) is 0 Å². The zero-order valence-corrected chi connectivity index (χ0v) is 12.1. The van der Waals surface area contributed by atoms with E-state index >= 15 is 0 Å². The van der Waals surface area contributed by atoms with E-state index < -0.39 is 5.54 Å². The molecule has 0 saturated heterocycles. The lowest BCUT2D eigenvalue weighted by molar-refractivity contribution is -0.153. The quantitative estimate of drug-likeness (QED) is 0.774. The first-order valence-electron chi connectivity index (χ1n) is 7.19. The molecule has 4 nitrogen and oxygen atoms in total. The molecule has 0 saturated carbocycles. The Labute approximate surface area is 128 Å². The Bertz CT molecular complexity index is 825. The van der Waals surface area contributed by atoms with Crippen molar-refractivity contribution in [2.24, 2.45) is 10.2 Å². The van der Waals surface area contributed by atoms with Gasteiger partial charge in [-0.25, -0.2) is 4.79 Å². The molecule has 2 unspecified atom stereocenters. The van der Waals surface area contributed by atoms with Crippen LogP contribution in [0.2, 0.25) is 0 Å². The molecule has 2 aromatic rings. The maximum Gasteiger partial charge on any atom is 0.341 e. The Morgan fingerprint density at radius 2 is 1.91 bits per heavy atom. The van der Waals surface area contributed by atoms with E-state index in [0.717, 1.165) is 22.4 Å². The highest BCUT2D eigenvalue weighted by Crippen LogP contribution is 2.42. The van der Waals surface area contributed by atoms with Crippen LogP contribution >= 0.6 is 0 Å². The van der Waals surface area contributed by atoms with Crippen LogP contribution in [-0.4, -0.2) is 5.97 Å². The predicted molar refractivity (Wildman–Crippen MR) is 82.6 cm³/mol. The number of fused-ring (bicyclic) bond motifs is 2. The molecule has 0 amide bonds. The van der Waals surface area contributed by atoms with Crippen molar-refractivity contribution in [3.8, 4) is 0 Å². The third-order valence-corrected chi connectivity index (χ3v) is 4.17. The van der Waals surface area contributed by atoms with Gasteiger partial charge in [-0.15, -0.1) is 0 Å². The van der Waals surface area contributed by atoms with Crippen molar-refractivity contribution in [1.82, 2.24) is 0 Å². The zero-order valence-electron chi connectivity index (χ0n) is 12.1. The van der Waals surface area contributed by atoms with Crippen molar-refractivity contribution >= 4 is 17.7 Å². The molecular formula is C18H14N2O2. The average molecular weight is 290 g/mol. The largest absolute Gasteiger partial charge is 0.451 e. The summed E-state index contributed by atoms with van der Waals surface area (Å²) in [6.07, 6.45) is 3.51. The van der Waals surface area contributed by atoms with Gasteiger partial charge in [-0.2, -0.15) is 10.2 Å².